The largest absolute Gasteiger partial charge is 0.396 e. The Balaban J connectivity index is 0.00000208. The SMILES string of the molecule is Cc1c(C)n(CCCO)c2ncn(Cc3ccncc3)c(=N)c12.Cl. The lowest BCUT2D eigenvalue weighted by Crippen LogP contribution is -2.22. The average Bonchev–Trinajstić information content (AvgIpc) is 2.81. The molecule has 3 rings (SSSR count). The predicted octanol–water partition coefficient (Wildman–Crippen LogP) is 2.18. The number of halogens is 1. The third-order valence-electron chi connectivity index (χ3n) is 4.29. The van der Waals surface area contributed by atoms with E-state index in [2.05, 4.69) is 14.5 Å². The van der Waals surface area contributed by atoms with Crippen LogP contribution in [0.3, 0.4) is 0 Å². The molecule has 0 fully saturated rings. The Labute approximate surface area is 146 Å². The molecule has 0 radical (unpaired) electrons. The fraction of sp³-hybridized carbons (Fsp3) is 0.353. The number of hydrogen-bond donors (Lipinski definition) is 2. The van der Waals surface area contributed by atoms with Crippen LogP contribution in [0.1, 0.15) is 23.2 Å². The van der Waals surface area contributed by atoms with E-state index in [1.165, 1.54) is 0 Å². The Bertz CT molecular complexity index is 885. The van der Waals surface area contributed by atoms with Gasteiger partial charge < -0.3 is 14.2 Å². The number of nitrogens with one attached hydrogen (secondary N) is 1. The first-order valence-electron chi connectivity index (χ1n) is 7.72. The van der Waals surface area contributed by atoms with Gasteiger partial charge in [-0.15, -0.1) is 12.4 Å². The van der Waals surface area contributed by atoms with Crippen molar-refractivity contribution in [1.29, 1.82) is 5.41 Å². The number of pyridine rings is 1. The molecule has 3 heterocycles. The van der Waals surface area contributed by atoms with Gasteiger partial charge >= 0.3 is 0 Å². The Morgan fingerprint density at radius 2 is 1.92 bits per heavy atom. The van der Waals surface area contributed by atoms with Gasteiger partial charge in [0.2, 0.25) is 0 Å². The van der Waals surface area contributed by atoms with Crippen LogP contribution in [0.4, 0.5) is 0 Å². The van der Waals surface area contributed by atoms with E-state index in [0.717, 1.165) is 27.9 Å². The topological polar surface area (TPSA) is 79.7 Å². The lowest BCUT2D eigenvalue weighted by molar-refractivity contribution is 0.280. The van der Waals surface area contributed by atoms with E-state index in [4.69, 9.17) is 10.5 Å². The Kier molecular flexibility index (Phi) is 5.75. The lowest BCUT2D eigenvalue weighted by atomic mass is 10.2. The number of aliphatic hydroxyl groups is 1. The van der Waals surface area contributed by atoms with E-state index >= 15 is 0 Å². The second-order valence-corrected chi connectivity index (χ2v) is 5.71. The molecule has 7 heteroatoms. The maximum atomic E-state index is 9.08. The number of aryl methyl sites for hydroxylation is 2. The average molecular weight is 348 g/mol. The molecule has 0 unspecified atom stereocenters. The first-order valence-corrected chi connectivity index (χ1v) is 7.72. The van der Waals surface area contributed by atoms with Gasteiger partial charge in [0.1, 0.15) is 11.1 Å². The van der Waals surface area contributed by atoms with Crippen LogP contribution in [0.25, 0.3) is 11.0 Å². The van der Waals surface area contributed by atoms with Gasteiger partial charge in [-0.1, -0.05) is 0 Å². The molecular weight excluding hydrogens is 326 g/mol. The molecule has 0 saturated heterocycles. The highest BCUT2D eigenvalue weighted by molar-refractivity contribution is 5.85. The Morgan fingerprint density at radius 1 is 1.21 bits per heavy atom. The van der Waals surface area contributed by atoms with E-state index in [9.17, 15) is 0 Å². The molecule has 3 aromatic heterocycles. The standard InChI is InChI=1S/C17H21N5O.ClH/c1-12-13(2)22(8-3-9-23)17-15(12)16(18)21(11-20-17)10-14-4-6-19-7-5-14;/h4-7,11,18,23H,3,8-10H2,1-2H3;1H. The van der Waals surface area contributed by atoms with Gasteiger partial charge in [-0.2, -0.15) is 0 Å². The van der Waals surface area contributed by atoms with Crippen molar-refractivity contribution in [3.8, 4) is 0 Å². The Morgan fingerprint density at radius 3 is 2.58 bits per heavy atom. The molecule has 24 heavy (non-hydrogen) atoms. The molecule has 6 nitrogen and oxygen atoms in total. The van der Waals surface area contributed by atoms with Crippen molar-refractivity contribution >= 4 is 23.4 Å². The van der Waals surface area contributed by atoms with Gasteiger partial charge in [0.05, 0.1) is 18.3 Å². The highest BCUT2D eigenvalue weighted by atomic mass is 35.5. The van der Waals surface area contributed by atoms with Crippen LogP contribution in [0.2, 0.25) is 0 Å². The van der Waals surface area contributed by atoms with Crippen LogP contribution in [-0.2, 0) is 13.1 Å². The zero-order chi connectivity index (χ0) is 16.4. The number of aromatic nitrogens is 4. The molecule has 0 spiro atoms. The zero-order valence-electron chi connectivity index (χ0n) is 13.9. The molecule has 0 aliphatic rings. The van der Waals surface area contributed by atoms with Gasteiger partial charge in [-0.25, -0.2) is 4.98 Å². The normalized spacial score (nSPS) is 10.8. The molecule has 3 aromatic rings. The third kappa shape index (κ3) is 3.20. The number of nitrogens with zero attached hydrogens (tertiary/aromatic N) is 4. The van der Waals surface area contributed by atoms with Gasteiger partial charge in [-0.05, 0) is 43.5 Å². The monoisotopic (exact) mass is 347 g/mol. The molecule has 0 atom stereocenters. The van der Waals surface area contributed by atoms with Crippen LogP contribution in [-0.4, -0.2) is 30.8 Å². The minimum Gasteiger partial charge on any atom is -0.396 e. The summed E-state index contributed by atoms with van der Waals surface area (Å²) in [6.07, 6.45) is 5.92. The minimum absolute atomic E-state index is 0. The summed E-state index contributed by atoms with van der Waals surface area (Å²) in [7, 11) is 0. The van der Waals surface area contributed by atoms with E-state index in [1.807, 2.05) is 30.5 Å². The second kappa shape index (κ2) is 7.59. The fourth-order valence-corrected chi connectivity index (χ4v) is 2.90. The third-order valence-corrected chi connectivity index (χ3v) is 4.29. The molecule has 0 saturated carbocycles. The molecule has 2 N–H and O–H groups in total. The summed E-state index contributed by atoms with van der Waals surface area (Å²) in [4.78, 5) is 8.60. The molecule has 0 aromatic carbocycles. The van der Waals surface area contributed by atoms with Crippen molar-refractivity contribution in [1.82, 2.24) is 19.1 Å². The van der Waals surface area contributed by atoms with Crippen LogP contribution in [0.15, 0.2) is 30.9 Å². The molecule has 128 valence electrons. The summed E-state index contributed by atoms with van der Waals surface area (Å²) in [5, 5.41) is 18.5. The molecule has 0 amide bonds. The molecular formula is C17H22ClN5O. The quantitative estimate of drug-likeness (QED) is 0.742. The predicted molar refractivity (Wildman–Crippen MR) is 95.3 cm³/mol. The van der Waals surface area contributed by atoms with Crippen molar-refractivity contribution < 1.29 is 5.11 Å². The maximum absolute atomic E-state index is 9.08. The Hall–Kier alpha value is -2.18. The molecule has 0 bridgehead atoms. The van der Waals surface area contributed by atoms with E-state index in [1.54, 1.807) is 18.7 Å². The maximum Gasteiger partial charge on any atom is 0.145 e. The second-order valence-electron chi connectivity index (χ2n) is 5.71. The fourth-order valence-electron chi connectivity index (χ4n) is 2.90. The van der Waals surface area contributed by atoms with E-state index in [-0.39, 0.29) is 19.0 Å². The first kappa shape index (κ1) is 18.2. The number of rotatable bonds is 5. The molecule has 0 aliphatic carbocycles. The van der Waals surface area contributed by atoms with E-state index < -0.39 is 0 Å². The van der Waals surface area contributed by atoms with Gasteiger partial charge in [0, 0.05) is 31.2 Å². The van der Waals surface area contributed by atoms with Gasteiger partial charge in [0.15, 0.2) is 0 Å². The zero-order valence-corrected chi connectivity index (χ0v) is 14.7. The number of hydrogen-bond acceptors (Lipinski definition) is 4. The lowest BCUT2D eigenvalue weighted by Gasteiger charge is -2.09. The highest BCUT2D eigenvalue weighted by Crippen LogP contribution is 2.20. The van der Waals surface area contributed by atoms with Crippen molar-refractivity contribution in [2.24, 2.45) is 0 Å². The summed E-state index contributed by atoms with van der Waals surface area (Å²) >= 11 is 0. The number of fused-ring (bicyclic) bond motifs is 1. The minimum atomic E-state index is 0. The van der Waals surface area contributed by atoms with Gasteiger partial charge in [0.25, 0.3) is 0 Å². The van der Waals surface area contributed by atoms with Crippen LogP contribution < -0.4 is 5.49 Å². The van der Waals surface area contributed by atoms with E-state index in [0.29, 0.717) is 25.0 Å². The van der Waals surface area contributed by atoms with Gasteiger partial charge in [-0.3, -0.25) is 10.4 Å². The smallest absolute Gasteiger partial charge is 0.145 e. The summed E-state index contributed by atoms with van der Waals surface area (Å²) in [5.41, 5.74) is 4.57. The van der Waals surface area contributed by atoms with Crippen molar-refractivity contribution in [3.63, 3.8) is 0 Å². The summed E-state index contributed by atoms with van der Waals surface area (Å²) in [6.45, 7) is 5.55. The summed E-state index contributed by atoms with van der Waals surface area (Å²) in [6, 6.07) is 3.89. The van der Waals surface area contributed by atoms with Crippen molar-refractivity contribution in [2.45, 2.75) is 33.4 Å². The van der Waals surface area contributed by atoms with Crippen LogP contribution in [0.5, 0.6) is 0 Å². The summed E-state index contributed by atoms with van der Waals surface area (Å²) < 4.78 is 3.94. The molecule has 0 aliphatic heterocycles. The summed E-state index contributed by atoms with van der Waals surface area (Å²) in [5.74, 6) is 0. The van der Waals surface area contributed by atoms with Crippen LogP contribution >= 0.6 is 12.4 Å². The van der Waals surface area contributed by atoms with Crippen molar-refractivity contribution in [3.05, 3.63) is 53.2 Å². The highest BCUT2D eigenvalue weighted by Gasteiger charge is 2.14. The number of aliphatic hydroxyl groups excluding tert-OH is 1. The van der Waals surface area contributed by atoms with Crippen molar-refractivity contribution in [2.75, 3.05) is 6.61 Å². The first-order chi connectivity index (χ1) is 11.1. The van der Waals surface area contributed by atoms with Crippen LogP contribution in [0, 0.1) is 19.3 Å².